The van der Waals surface area contributed by atoms with Gasteiger partial charge >= 0.3 is 0 Å². The summed E-state index contributed by atoms with van der Waals surface area (Å²) in [6, 6.07) is 0.954. The number of fused-ring (bicyclic) bond motifs is 1. The van der Waals surface area contributed by atoms with Crippen LogP contribution in [0.3, 0.4) is 0 Å². The summed E-state index contributed by atoms with van der Waals surface area (Å²) in [7, 11) is 1.48. The zero-order chi connectivity index (χ0) is 10.5. The molecule has 74 valence electrons. The topological polar surface area (TPSA) is 17.8 Å². The minimum absolute atomic E-state index is 0.0126. The van der Waals surface area contributed by atoms with Crippen molar-refractivity contribution in [2.75, 3.05) is 0 Å². The Balaban J connectivity index is 3.01. The van der Waals surface area contributed by atoms with Crippen LogP contribution in [-0.4, -0.2) is 9.78 Å². The maximum atomic E-state index is 13.3. The molecule has 0 fully saturated rings. The molecule has 0 bridgehead atoms. The Labute approximate surface area is 77.9 Å². The van der Waals surface area contributed by atoms with Crippen molar-refractivity contribution >= 4 is 10.9 Å². The SMILES string of the molecule is Cc1nn(C)c2c(F)c(F)c(F)cc12. The Morgan fingerprint density at radius 3 is 2.50 bits per heavy atom. The summed E-state index contributed by atoms with van der Waals surface area (Å²) in [4.78, 5) is 0. The van der Waals surface area contributed by atoms with Crippen LogP contribution in [0.1, 0.15) is 5.69 Å². The lowest BCUT2D eigenvalue weighted by Crippen LogP contribution is -1.96. The van der Waals surface area contributed by atoms with Crippen LogP contribution in [0, 0.1) is 24.4 Å². The van der Waals surface area contributed by atoms with E-state index in [-0.39, 0.29) is 5.52 Å². The Bertz CT molecular complexity index is 516. The van der Waals surface area contributed by atoms with Gasteiger partial charge in [0.05, 0.1) is 5.69 Å². The fraction of sp³-hybridized carbons (Fsp3) is 0.222. The highest BCUT2D eigenvalue weighted by Gasteiger charge is 2.18. The smallest absolute Gasteiger partial charge is 0.196 e. The van der Waals surface area contributed by atoms with Crippen LogP contribution in [0.15, 0.2) is 6.07 Å². The molecule has 0 amide bonds. The van der Waals surface area contributed by atoms with E-state index in [9.17, 15) is 13.2 Å². The van der Waals surface area contributed by atoms with Gasteiger partial charge in [0.1, 0.15) is 5.52 Å². The van der Waals surface area contributed by atoms with Crippen LogP contribution in [0.2, 0.25) is 0 Å². The molecule has 2 nitrogen and oxygen atoms in total. The zero-order valence-electron chi connectivity index (χ0n) is 7.61. The number of aryl methyl sites for hydroxylation is 2. The largest absolute Gasteiger partial charge is 0.265 e. The molecule has 14 heavy (non-hydrogen) atoms. The highest BCUT2D eigenvalue weighted by molar-refractivity contribution is 5.82. The van der Waals surface area contributed by atoms with E-state index < -0.39 is 17.5 Å². The third kappa shape index (κ3) is 1.01. The Kier molecular flexibility index (Phi) is 1.77. The van der Waals surface area contributed by atoms with E-state index in [2.05, 4.69) is 5.10 Å². The van der Waals surface area contributed by atoms with Gasteiger partial charge in [-0.2, -0.15) is 5.10 Å². The van der Waals surface area contributed by atoms with E-state index in [1.807, 2.05) is 0 Å². The van der Waals surface area contributed by atoms with Gasteiger partial charge in [0.15, 0.2) is 17.5 Å². The Morgan fingerprint density at radius 2 is 1.86 bits per heavy atom. The lowest BCUT2D eigenvalue weighted by atomic mass is 10.2. The molecule has 1 aromatic carbocycles. The highest BCUT2D eigenvalue weighted by atomic mass is 19.2. The van der Waals surface area contributed by atoms with E-state index in [1.165, 1.54) is 11.7 Å². The van der Waals surface area contributed by atoms with Crippen LogP contribution >= 0.6 is 0 Å². The molecule has 0 saturated heterocycles. The van der Waals surface area contributed by atoms with Crippen molar-refractivity contribution < 1.29 is 13.2 Å². The Morgan fingerprint density at radius 1 is 1.21 bits per heavy atom. The molecular weight excluding hydrogens is 193 g/mol. The molecule has 0 atom stereocenters. The molecule has 0 aliphatic heterocycles. The maximum Gasteiger partial charge on any atom is 0.196 e. The van der Waals surface area contributed by atoms with E-state index >= 15 is 0 Å². The average molecular weight is 200 g/mol. The van der Waals surface area contributed by atoms with Gasteiger partial charge in [-0.05, 0) is 13.0 Å². The van der Waals surface area contributed by atoms with Crippen LogP contribution in [0.5, 0.6) is 0 Å². The molecule has 0 aliphatic rings. The molecule has 0 saturated carbocycles. The molecule has 2 rings (SSSR count). The van der Waals surface area contributed by atoms with Crippen molar-refractivity contribution in [3.63, 3.8) is 0 Å². The van der Waals surface area contributed by atoms with Gasteiger partial charge in [-0.15, -0.1) is 0 Å². The van der Waals surface area contributed by atoms with Crippen molar-refractivity contribution in [1.29, 1.82) is 0 Å². The predicted octanol–water partition coefficient (Wildman–Crippen LogP) is 2.30. The van der Waals surface area contributed by atoms with Gasteiger partial charge in [0.25, 0.3) is 0 Å². The molecule has 0 unspecified atom stereocenters. The first-order valence-electron chi connectivity index (χ1n) is 3.99. The molecular formula is C9H7F3N2. The summed E-state index contributed by atoms with van der Waals surface area (Å²) in [6.07, 6.45) is 0. The van der Waals surface area contributed by atoms with Gasteiger partial charge in [-0.25, -0.2) is 13.2 Å². The Hall–Kier alpha value is -1.52. The molecule has 0 N–H and O–H groups in total. The predicted molar refractivity (Wildman–Crippen MR) is 45.3 cm³/mol. The number of hydrogen-bond acceptors (Lipinski definition) is 1. The lowest BCUT2D eigenvalue weighted by molar-refractivity contribution is 0.451. The standard InChI is InChI=1S/C9H7F3N2/c1-4-5-3-6(10)7(11)8(12)9(5)14(2)13-4/h3H,1-2H3. The molecule has 2 aromatic rings. The summed E-state index contributed by atoms with van der Waals surface area (Å²) >= 11 is 0. The summed E-state index contributed by atoms with van der Waals surface area (Å²) in [5.74, 6) is -3.84. The molecule has 1 aromatic heterocycles. The molecule has 0 aliphatic carbocycles. The summed E-state index contributed by atoms with van der Waals surface area (Å²) in [5.41, 5.74) is 0.460. The minimum atomic E-state index is -1.46. The number of rotatable bonds is 0. The molecule has 0 radical (unpaired) electrons. The van der Waals surface area contributed by atoms with Crippen LogP contribution < -0.4 is 0 Å². The lowest BCUT2D eigenvalue weighted by Gasteiger charge is -1.98. The van der Waals surface area contributed by atoms with Crippen molar-refractivity contribution in [3.8, 4) is 0 Å². The van der Waals surface area contributed by atoms with Gasteiger partial charge < -0.3 is 0 Å². The second-order valence-electron chi connectivity index (χ2n) is 3.09. The third-order valence-corrected chi connectivity index (χ3v) is 2.15. The molecule has 0 spiro atoms. The van der Waals surface area contributed by atoms with Crippen molar-refractivity contribution in [2.24, 2.45) is 7.05 Å². The normalized spacial score (nSPS) is 11.2. The third-order valence-electron chi connectivity index (χ3n) is 2.15. The van der Waals surface area contributed by atoms with Crippen LogP contribution in [0.4, 0.5) is 13.2 Å². The minimum Gasteiger partial charge on any atom is -0.265 e. The summed E-state index contributed by atoms with van der Waals surface area (Å²) in [6.45, 7) is 1.61. The van der Waals surface area contributed by atoms with E-state index in [0.29, 0.717) is 11.1 Å². The first kappa shape index (κ1) is 9.05. The van der Waals surface area contributed by atoms with Crippen LogP contribution in [0.25, 0.3) is 10.9 Å². The number of hydrogen-bond donors (Lipinski definition) is 0. The van der Waals surface area contributed by atoms with Crippen molar-refractivity contribution in [1.82, 2.24) is 9.78 Å². The monoisotopic (exact) mass is 200 g/mol. The maximum absolute atomic E-state index is 13.3. The van der Waals surface area contributed by atoms with E-state index in [1.54, 1.807) is 6.92 Å². The quantitative estimate of drug-likeness (QED) is 0.596. The first-order chi connectivity index (χ1) is 6.52. The van der Waals surface area contributed by atoms with Gasteiger partial charge in [-0.3, -0.25) is 4.68 Å². The van der Waals surface area contributed by atoms with E-state index in [4.69, 9.17) is 0 Å². The fourth-order valence-electron chi connectivity index (χ4n) is 1.51. The van der Waals surface area contributed by atoms with Gasteiger partial charge in [-0.1, -0.05) is 0 Å². The van der Waals surface area contributed by atoms with E-state index in [0.717, 1.165) is 6.07 Å². The average Bonchev–Trinajstić information content (AvgIpc) is 2.38. The number of nitrogens with zero attached hydrogens (tertiary/aromatic N) is 2. The fourth-order valence-corrected chi connectivity index (χ4v) is 1.51. The second kappa shape index (κ2) is 2.73. The summed E-state index contributed by atoms with van der Waals surface area (Å²) in [5, 5.41) is 4.17. The molecule has 5 heteroatoms. The zero-order valence-corrected chi connectivity index (χ0v) is 7.61. The van der Waals surface area contributed by atoms with Crippen molar-refractivity contribution in [2.45, 2.75) is 6.92 Å². The number of benzene rings is 1. The molecule has 1 heterocycles. The second-order valence-corrected chi connectivity index (χ2v) is 3.09. The highest BCUT2D eigenvalue weighted by Crippen LogP contribution is 2.24. The number of halogens is 3. The van der Waals surface area contributed by atoms with Crippen molar-refractivity contribution in [3.05, 3.63) is 29.2 Å². The first-order valence-corrected chi connectivity index (χ1v) is 3.99. The van der Waals surface area contributed by atoms with Crippen LogP contribution in [-0.2, 0) is 7.05 Å². The van der Waals surface area contributed by atoms with Gasteiger partial charge in [0.2, 0.25) is 0 Å². The van der Waals surface area contributed by atoms with Gasteiger partial charge in [0, 0.05) is 12.4 Å². The summed E-state index contributed by atoms with van der Waals surface area (Å²) < 4.78 is 40.2. The number of aromatic nitrogens is 2.